The minimum atomic E-state index is 0.0809. The summed E-state index contributed by atoms with van der Waals surface area (Å²) in [5.74, 6) is 0.202. The molecule has 0 spiro atoms. The fourth-order valence-electron chi connectivity index (χ4n) is 1.13. The van der Waals surface area contributed by atoms with Gasteiger partial charge in [-0.1, -0.05) is 12.1 Å². The zero-order valence-electron chi connectivity index (χ0n) is 8.03. The number of benzene rings is 1. The molecular weight excluding hydrogens is 178 g/mol. The van der Waals surface area contributed by atoms with Crippen LogP contribution >= 0.6 is 0 Å². The van der Waals surface area contributed by atoms with Crippen molar-refractivity contribution >= 4 is 0 Å². The van der Waals surface area contributed by atoms with Crippen molar-refractivity contribution in [2.24, 2.45) is 0 Å². The number of phenolic OH excluding ortho intramolecular Hbond substituents is 2. The third kappa shape index (κ3) is 3.11. The van der Waals surface area contributed by atoms with Crippen LogP contribution in [0, 0.1) is 0 Å². The van der Waals surface area contributed by atoms with Gasteiger partial charge >= 0.3 is 0 Å². The van der Waals surface area contributed by atoms with E-state index >= 15 is 0 Å². The van der Waals surface area contributed by atoms with E-state index in [1.54, 1.807) is 12.1 Å². The van der Waals surface area contributed by atoms with Gasteiger partial charge in [-0.05, 0) is 19.0 Å². The van der Waals surface area contributed by atoms with Gasteiger partial charge in [0, 0.05) is 18.2 Å². The van der Waals surface area contributed by atoms with Crippen LogP contribution in [0.15, 0.2) is 30.9 Å². The van der Waals surface area contributed by atoms with Gasteiger partial charge in [-0.25, -0.2) is 0 Å². The van der Waals surface area contributed by atoms with Crippen molar-refractivity contribution in [2.45, 2.75) is 13.0 Å². The molecule has 1 rings (SSSR count). The third-order valence-electron chi connectivity index (χ3n) is 1.91. The lowest BCUT2D eigenvalue weighted by molar-refractivity contribution is 0.444. The van der Waals surface area contributed by atoms with E-state index in [4.69, 9.17) is 5.11 Å². The number of hydrogen-bond acceptors (Lipinski definition) is 3. The van der Waals surface area contributed by atoms with E-state index in [9.17, 15) is 5.11 Å². The first kappa shape index (κ1) is 10.6. The molecule has 0 aliphatic rings. The first-order valence-electron chi connectivity index (χ1n) is 4.56. The van der Waals surface area contributed by atoms with Crippen LogP contribution in [-0.4, -0.2) is 16.8 Å². The van der Waals surface area contributed by atoms with Gasteiger partial charge in [0.25, 0.3) is 0 Å². The Morgan fingerprint density at radius 3 is 2.79 bits per heavy atom. The first-order chi connectivity index (χ1) is 6.74. The molecule has 0 amide bonds. The van der Waals surface area contributed by atoms with E-state index in [1.807, 2.05) is 6.08 Å². The van der Waals surface area contributed by atoms with Crippen LogP contribution in [0.2, 0.25) is 0 Å². The van der Waals surface area contributed by atoms with Gasteiger partial charge < -0.3 is 15.5 Å². The van der Waals surface area contributed by atoms with Crippen molar-refractivity contribution in [1.29, 1.82) is 0 Å². The fourth-order valence-corrected chi connectivity index (χ4v) is 1.13. The van der Waals surface area contributed by atoms with Crippen molar-refractivity contribution < 1.29 is 10.2 Å². The predicted octanol–water partition coefficient (Wildman–Crippen LogP) is 1.76. The molecule has 0 atom stereocenters. The quantitative estimate of drug-likeness (QED) is 0.493. The topological polar surface area (TPSA) is 52.5 Å². The predicted molar refractivity (Wildman–Crippen MR) is 56.3 cm³/mol. The summed E-state index contributed by atoms with van der Waals surface area (Å²) >= 11 is 0. The maximum atomic E-state index is 9.43. The molecule has 3 nitrogen and oxygen atoms in total. The first-order valence-corrected chi connectivity index (χ1v) is 4.56. The van der Waals surface area contributed by atoms with Crippen molar-refractivity contribution in [3.8, 4) is 11.5 Å². The molecule has 0 aliphatic heterocycles. The highest BCUT2D eigenvalue weighted by atomic mass is 16.3. The third-order valence-corrected chi connectivity index (χ3v) is 1.91. The highest BCUT2D eigenvalue weighted by molar-refractivity contribution is 5.38. The van der Waals surface area contributed by atoms with Gasteiger partial charge in [0.15, 0.2) is 0 Å². The summed E-state index contributed by atoms with van der Waals surface area (Å²) in [6.07, 6.45) is 2.74. The summed E-state index contributed by atoms with van der Waals surface area (Å²) in [6.45, 7) is 5.05. The zero-order valence-corrected chi connectivity index (χ0v) is 8.03. The molecule has 76 valence electrons. The summed E-state index contributed by atoms with van der Waals surface area (Å²) in [5.41, 5.74) is 0.784. The second-order valence-electron chi connectivity index (χ2n) is 3.07. The molecule has 0 unspecified atom stereocenters. The number of phenols is 2. The minimum absolute atomic E-state index is 0.0809. The summed E-state index contributed by atoms with van der Waals surface area (Å²) in [5, 5.41) is 21.6. The summed E-state index contributed by atoms with van der Waals surface area (Å²) in [4.78, 5) is 0. The van der Waals surface area contributed by atoms with E-state index in [0.29, 0.717) is 6.54 Å². The van der Waals surface area contributed by atoms with Crippen molar-refractivity contribution in [2.75, 3.05) is 6.54 Å². The Morgan fingerprint density at radius 2 is 2.14 bits per heavy atom. The summed E-state index contributed by atoms with van der Waals surface area (Å²) in [7, 11) is 0. The van der Waals surface area contributed by atoms with Crippen molar-refractivity contribution in [3.05, 3.63) is 36.4 Å². The largest absolute Gasteiger partial charge is 0.508 e. The molecule has 1 aromatic carbocycles. The molecule has 0 bridgehead atoms. The van der Waals surface area contributed by atoms with Crippen LogP contribution in [0.4, 0.5) is 0 Å². The van der Waals surface area contributed by atoms with Crippen molar-refractivity contribution in [3.63, 3.8) is 0 Å². The van der Waals surface area contributed by atoms with Crippen LogP contribution in [0.3, 0.4) is 0 Å². The number of hydrogen-bond donors (Lipinski definition) is 3. The highest BCUT2D eigenvalue weighted by Crippen LogP contribution is 2.21. The molecular formula is C11H15NO2. The fraction of sp³-hybridized carbons (Fsp3) is 0.273. The molecule has 0 saturated carbocycles. The van der Waals surface area contributed by atoms with Gasteiger partial charge in [0.1, 0.15) is 11.5 Å². The van der Waals surface area contributed by atoms with Crippen molar-refractivity contribution in [1.82, 2.24) is 5.32 Å². The Morgan fingerprint density at radius 1 is 1.36 bits per heavy atom. The number of rotatable bonds is 5. The lowest BCUT2D eigenvalue weighted by Gasteiger charge is -2.05. The van der Waals surface area contributed by atoms with E-state index in [2.05, 4.69) is 11.9 Å². The normalized spacial score (nSPS) is 10.0. The van der Waals surface area contributed by atoms with Gasteiger partial charge in [0.05, 0.1) is 0 Å². The monoisotopic (exact) mass is 193 g/mol. The van der Waals surface area contributed by atoms with Gasteiger partial charge in [-0.2, -0.15) is 0 Å². The van der Waals surface area contributed by atoms with E-state index < -0.39 is 0 Å². The second kappa shape index (κ2) is 5.29. The van der Waals surface area contributed by atoms with E-state index in [-0.39, 0.29) is 11.5 Å². The second-order valence-corrected chi connectivity index (χ2v) is 3.07. The van der Waals surface area contributed by atoms with E-state index in [0.717, 1.165) is 18.5 Å². The molecule has 0 saturated heterocycles. The Labute approximate surface area is 83.7 Å². The Bertz CT molecular complexity index is 310. The van der Waals surface area contributed by atoms with E-state index in [1.165, 1.54) is 6.07 Å². The Hall–Kier alpha value is -1.48. The Balaban J connectivity index is 2.46. The Kier molecular flexibility index (Phi) is 4.01. The molecule has 3 heteroatoms. The molecule has 0 heterocycles. The molecule has 14 heavy (non-hydrogen) atoms. The summed E-state index contributed by atoms with van der Waals surface area (Å²) < 4.78 is 0. The van der Waals surface area contributed by atoms with Crippen LogP contribution in [0.5, 0.6) is 11.5 Å². The molecule has 0 fully saturated rings. The molecule has 0 aliphatic carbocycles. The highest BCUT2D eigenvalue weighted by Gasteiger charge is 2.00. The zero-order chi connectivity index (χ0) is 10.4. The van der Waals surface area contributed by atoms with Crippen LogP contribution in [0.25, 0.3) is 0 Å². The average molecular weight is 193 g/mol. The molecule has 0 aromatic heterocycles. The standard InChI is InChI=1S/C11H15NO2/c1-2-3-6-12-8-9-4-5-10(13)7-11(9)14/h2,4-5,7,12-14H,1,3,6,8H2. The van der Waals surface area contributed by atoms with Crippen LogP contribution in [-0.2, 0) is 6.54 Å². The minimum Gasteiger partial charge on any atom is -0.508 e. The summed E-state index contributed by atoms with van der Waals surface area (Å²) in [6, 6.07) is 4.60. The molecule has 0 radical (unpaired) electrons. The van der Waals surface area contributed by atoms with Crippen LogP contribution in [0.1, 0.15) is 12.0 Å². The van der Waals surface area contributed by atoms with Crippen LogP contribution < -0.4 is 5.32 Å². The number of aromatic hydroxyl groups is 2. The SMILES string of the molecule is C=CCCNCc1ccc(O)cc1O. The van der Waals surface area contributed by atoms with Gasteiger partial charge in [-0.3, -0.25) is 0 Å². The molecule has 3 N–H and O–H groups in total. The maximum absolute atomic E-state index is 9.43. The number of nitrogens with one attached hydrogen (secondary N) is 1. The average Bonchev–Trinajstić information content (AvgIpc) is 2.15. The molecule has 1 aromatic rings. The lowest BCUT2D eigenvalue weighted by atomic mass is 10.2. The van der Waals surface area contributed by atoms with Gasteiger partial charge in [-0.15, -0.1) is 6.58 Å². The maximum Gasteiger partial charge on any atom is 0.123 e. The smallest absolute Gasteiger partial charge is 0.123 e. The lowest BCUT2D eigenvalue weighted by Crippen LogP contribution is -2.13. The van der Waals surface area contributed by atoms with Gasteiger partial charge in [0.2, 0.25) is 0 Å².